The zero-order valence-electron chi connectivity index (χ0n) is 9.81. The van der Waals surface area contributed by atoms with Crippen LogP contribution in [0.1, 0.15) is 18.4 Å². The molecular formula is C14H14N2S. The molecule has 1 heterocycles. The highest BCUT2D eigenvalue weighted by Gasteiger charge is 2.02. The number of nitriles is 1. The van der Waals surface area contributed by atoms with E-state index in [2.05, 4.69) is 30.1 Å². The Labute approximate surface area is 106 Å². The van der Waals surface area contributed by atoms with Crippen molar-refractivity contribution in [3.63, 3.8) is 0 Å². The van der Waals surface area contributed by atoms with Crippen LogP contribution in [-0.4, -0.2) is 10.7 Å². The van der Waals surface area contributed by atoms with Gasteiger partial charge < -0.3 is 0 Å². The minimum atomic E-state index is 0.625. The van der Waals surface area contributed by atoms with E-state index >= 15 is 0 Å². The summed E-state index contributed by atoms with van der Waals surface area (Å²) >= 11 is 1.73. The fourth-order valence-corrected chi connectivity index (χ4v) is 2.64. The van der Waals surface area contributed by atoms with Crippen LogP contribution in [0.2, 0.25) is 0 Å². The number of pyridine rings is 1. The number of fused-ring (bicyclic) bond motifs is 1. The summed E-state index contributed by atoms with van der Waals surface area (Å²) in [4.78, 5) is 4.61. The van der Waals surface area contributed by atoms with Crippen LogP contribution in [0.3, 0.4) is 0 Å². The van der Waals surface area contributed by atoms with Crippen molar-refractivity contribution in [1.29, 1.82) is 5.26 Å². The number of thioether (sulfide) groups is 1. The number of nitrogens with zero attached hydrogens (tertiary/aromatic N) is 2. The predicted molar refractivity (Wildman–Crippen MR) is 72.1 cm³/mol. The van der Waals surface area contributed by atoms with Gasteiger partial charge in [0.05, 0.1) is 16.6 Å². The monoisotopic (exact) mass is 242 g/mol. The van der Waals surface area contributed by atoms with Gasteiger partial charge in [0.2, 0.25) is 0 Å². The third kappa shape index (κ3) is 2.98. The average molecular weight is 242 g/mol. The van der Waals surface area contributed by atoms with Gasteiger partial charge in [-0.2, -0.15) is 5.26 Å². The summed E-state index contributed by atoms with van der Waals surface area (Å²) in [5.41, 5.74) is 2.31. The van der Waals surface area contributed by atoms with E-state index in [-0.39, 0.29) is 0 Å². The Morgan fingerprint density at radius 3 is 3.00 bits per heavy atom. The van der Waals surface area contributed by atoms with Crippen molar-refractivity contribution in [2.45, 2.75) is 24.8 Å². The van der Waals surface area contributed by atoms with Crippen LogP contribution in [0.15, 0.2) is 35.4 Å². The fraction of sp³-hybridized carbons (Fsp3) is 0.286. The van der Waals surface area contributed by atoms with E-state index < -0.39 is 0 Å². The number of benzene rings is 1. The van der Waals surface area contributed by atoms with Gasteiger partial charge in [0.1, 0.15) is 0 Å². The standard InChI is InChI=1S/C14H14N2S/c1-11-10-14(17-9-5-4-8-15)16-13-7-3-2-6-12(11)13/h2-3,6-7,10H,4-5,9H2,1H3. The van der Waals surface area contributed by atoms with E-state index in [9.17, 15) is 0 Å². The molecule has 0 saturated carbocycles. The second kappa shape index (κ2) is 5.70. The summed E-state index contributed by atoms with van der Waals surface area (Å²) in [5.74, 6) is 0.957. The van der Waals surface area contributed by atoms with Crippen molar-refractivity contribution in [2.75, 3.05) is 5.75 Å². The molecule has 0 aliphatic rings. The number of aryl methyl sites for hydroxylation is 1. The van der Waals surface area contributed by atoms with Gasteiger partial charge >= 0.3 is 0 Å². The van der Waals surface area contributed by atoms with E-state index in [1.807, 2.05) is 18.2 Å². The molecule has 0 atom stereocenters. The second-order valence-corrected chi connectivity index (χ2v) is 5.02. The minimum absolute atomic E-state index is 0.625. The lowest BCUT2D eigenvalue weighted by Gasteiger charge is -2.05. The van der Waals surface area contributed by atoms with Crippen molar-refractivity contribution in [3.05, 3.63) is 35.9 Å². The molecule has 3 heteroatoms. The molecule has 0 aliphatic heterocycles. The molecule has 0 N–H and O–H groups in total. The highest BCUT2D eigenvalue weighted by atomic mass is 32.2. The van der Waals surface area contributed by atoms with Crippen LogP contribution >= 0.6 is 11.8 Å². The van der Waals surface area contributed by atoms with Gasteiger partial charge in [-0.1, -0.05) is 18.2 Å². The highest BCUT2D eigenvalue weighted by molar-refractivity contribution is 7.99. The second-order valence-electron chi connectivity index (χ2n) is 3.90. The van der Waals surface area contributed by atoms with Crippen molar-refractivity contribution in [3.8, 4) is 6.07 Å². The molecule has 17 heavy (non-hydrogen) atoms. The maximum atomic E-state index is 8.47. The molecule has 86 valence electrons. The Bertz CT molecular complexity index is 558. The molecule has 2 nitrogen and oxygen atoms in total. The first-order valence-electron chi connectivity index (χ1n) is 5.67. The van der Waals surface area contributed by atoms with Gasteiger partial charge in [0.15, 0.2) is 0 Å². The molecule has 0 saturated heterocycles. The third-order valence-electron chi connectivity index (χ3n) is 2.58. The Balaban J connectivity index is 2.16. The molecule has 2 rings (SSSR count). The van der Waals surface area contributed by atoms with Crippen molar-refractivity contribution < 1.29 is 0 Å². The summed E-state index contributed by atoms with van der Waals surface area (Å²) in [5, 5.41) is 10.7. The Morgan fingerprint density at radius 2 is 2.18 bits per heavy atom. The Kier molecular flexibility index (Phi) is 4.00. The molecule has 2 aromatic rings. The lowest BCUT2D eigenvalue weighted by atomic mass is 10.1. The molecule has 0 unspecified atom stereocenters. The van der Waals surface area contributed by atoms with Gasteiger partial charge in [-0.25, -0.2) is 4.98 Å². The summed E-state index contributed by atoms with van der Waals surface area (Å²) < 4.78 is 0. The SMILES string of the molecule is Cc1cc(SCCCC#N)nc2ccccc12. The van der Waals surface area contributed by atoms with Crippen LogP contribution in [0, 0.1) is 18.3 Å². The lowest BCUT2D eigenvalue weighted by Crippen LogP contribution is -1.88. The van der Waals surface area contributed by atoms with Gasteiger partial charge in [-0.05, 0) is 31.0 Å². The average Bonchev–Trinajstić information content (AvgIpc) is 2.35. The zero-order valence-corrected chi connectivity index (χ0v) is 10.6. The van der Waals surface area contributed by atoms with Crippen molar-refractivity contribution in [2.24, 2.45) is 0 Å². The minimum Gasteiger partial charge on any atom is -0.241 e. The predicted octanol–water partition coefficient (Wildman–Crippen LogP) is 3.94. The summed E-state index contributed by atoms with van der Waals surface area (Å²) in [7, 11) is 0. The first kappa shape index (κ1) is 11.9. The number of aromatic nitrogens is 1. The summed E-state index contributed by atoms with van der Waals surface area (Å²) in [6.45, 7) is 2.11. The van der Waals surface area contributed by atoms with Crippen LogP contribution in [0.25, 0.3) is 10.9 Å². The maximum Gasteiger partial charge on any atom is 0.0970 e. The summed E-state index contributed by atoms with van der Waals surface area (Å²) in [6, 6.07) is 12.5. The smallest absolute Gasteiger partial charge is 0.0970 e. The molecular weight excluding hydrogens is 228 g/mol. The lowest BCUT2D eigenvalue weighted by molar-refractivity contribution is 0.978. The molecule has 0 aliphatic carbocycles. The van der Waals surface area contributed by atoms with Gasteiger partial charge in [-0.3, -0.25) is 0 Å². The van der Waals surface area contributed by atoms with Crippen LogP contribution in [0.5, 0.6) is 0 Å². The quantitative estimate of drug-likeness (QED) is 0.602. The third-order valence-corrected chi connectivity index (χ3v) is 3.58. The van der Waals surface area contributed by atoms with Gasteiger partial charge in [0, 0.05) is 17.6 Å². The maximum absolute atomic E-state index is 8.47. The fourth-order valence-electron chi connectivity index (χ4n) is 1.72. The largest absolute Gasteiger partial charge is 0.241 e. The topological polar surface area (TPSA) is 36.7 Å². The number of rotatable bonds is 4. The van der Waals surface area contributed by atoms with Crippen molar-refractivity contribution in [1.82, 2.24) is 4.98 Å². The number of hydrogen-bond donors (Lipinski definition) is 0. The highest BCUT2D eigenvalue weighted by Crippen LogP contribution is 2.24. The molecule has 0 spiro atoms. The molecule has 1 aromatic carbocycles. The molecule has 1 aromatic heterocycles. The number of hydrogen-bond acceptors (Lipinski definition) is 3. The first-order chi connectivity index (χ1) is 8.31. The molecule has 0 bridgehead atoms. The zero-order chi connectivity index (χ0) is 12.1. The van der Waals surface area contributed by atoms with Crippen LogP contribution in [0.4, 0.5) is 0 Å². The van der Waals surface area contributed by atoms with E-state index in [4.69, 9.17) is 5.26 Å². The Morgan fingerprint density at radius 1 is 1.35 bits per heavy atom. The Hall–Kier alpha value is -1.53. The molecule has 0 fully saturated rings. The van der Waals surface area contributed by atoms with E-state index in [0.717, 1.165) is 22.7 Å². The van der Waals surface area contributed by atoms with Gasteiger partial charge in [-0.15, -0.1) is 11.8 Å². The first-order valence-corrected chi connectivity index (χ1v) is 6.66. The number of para-hydroxylation sites is 1. The molecule has 0 radical (unpaired) electrons. The van der Waals surface area contributed by atoms with Gasteiger partial charge in [0.25, 0.3) is 0 Å². The van der Waals surface area contributed by atoms with Crippen molar-refractivity contribution >= 4 is 22.7 Å². The van der Waals surface area contributed by atoms with E-state index in [0.29, 0.717) is 6.42 Å². The molecule has 0 amide bonds. The van der Waals surface area contributed by atoms with Crippen LogP contribution < -0.4 is 0 Å². The van der Waals surface area contributed by atoms with Crippen LogP contribution in [-0.2, 0) is 0 Å². The van der Waals surface area contributed by atoms with E-state index in [1.54, 1.807) is 11.8 Å². The van der Waals surface area contributed by atoms with E-state index in [1.165, 1.54) is 10.9 Å². The summed E-state index contributed by atoms with van der Waals surface area (Å²) in [6.07, 6.45) is 1.55. The number of unbranched alkanes of at least 4 members (excludes halogenated alkanes) is 1. The normalized spacial score (nSPS) is 10.4.